The number of nitrogens with one attached hydrogen (secondary N) is 1. The average molecular weight is 211 g/mol. The van der Waals surface area contributed by atoms with Crippen molar-refractivity contribution in [3.8, 4) is 0 Å². The Bertz CT molecular complexity index is 330. The van der Waals surface area contributed by atoms with Crippen molar-refractivity contribution in [2.75, 3.05) is 0 Å². The van der Waals surface area contributed by atoms with Crippen molar-refractivity contribution in [3.63, 3.8) is 0 Å². The number of carboxylic acids is 1. The fourth-order valence-corrected chi connectivity index (χ4v) is 0.675. The van der Waals surface area contributed by atoms with E-state index >= 15 is 0 Å². The molecule has 0 aromatic rings. The summed E-state index contributed by atoms with van der Waals surface area (Å²) >= 11 is 0. The van der Waals surface area contributed by atoms with Crippen LogP contribution in [0.2, 0.25) is 0 Å². The van der Waals surface area contributed by atoms with Gasteiger partial charge in [-0.3, -0.25) is 4.79 Å². The Labute approximate surface area is 87.4 Å². The molecule has 82 valence electrons. The van der Waals surface area contributed by atoms with Crippen LogP contribution in [0.15, 0.2) is 36.5 Å². The van der Waals surface area contributed by atoms with Gasteiger partial charge in [0, 0.05) is 11.1 Å². The Kier molecular flexibility index (Phi) is 5.04. The minimum Gasteiger partial charge on any atom is -0.478 e. The fourth-order valence-electron chi connectivity index (χ4n) is 0.675. The normalized spacial score (nSPS) is 12.8. The first-order valence-electron chi connectivity index (χ1n) is 4.10. The number of hydrogen-bond acceptors (Lipinski definition) is 3. The van der Waals surface area contributed by atoms with Crippen LogP contribution in [0.4, 0.5) is 0 Å². The number of hydrogen-bond donors (Lipinski definition) is 3. The van der Waals surface area contributed by atoms with Gasteiger partial charge in [-0.05, 0) is 19.1 Å². The van der Waals surface area contributed by atoms with E-state index in [4.69, 9.17) is 10.2 Å². The quantitative estimate of drug-likeness (QED) is 0.262. The number of carbonyl (C=O) groups is 2. The number of carboxylic acid groups (broad SMARTS) is 1. The van der Waals surface area contributed by atoms with Gasteiger partial charge in [-0.25, -0.2) is 4.79 Å². The minimum absolute atomic E-state index is 0.0109. The molecule has 0 aliphatic carbocycles. The predicted octanol–water partition coefficient (Wildman–Crippen LogP) is 0.194. The Hall–Kier alpha value is -1.88. The zero-order chi connectivity index (χ0) is 12.0. The highest BCUT2D eigenvalue weighted by atomic mass is 16.4. The Morgan fingerprint density at radius 2 is 2.00 bits per heavy atom. The molecule has 1 unspecified atom stereocenters. The fraction of sp³-hybridized carbons (Fsp3) is 0.200. The van der Waals surface area contributed by atoms with Crippen molar-refractivity contribution in [1.82, 2.24) is 5.32 Å². The highest BCUT2D eigenvalue weighted by Crippen LogP contribution is 2.01. The molecule has 0 aliphatic heterocycles. The molecule has 0 radical (unpaired) electrons. The molecule has 0 bridgehead atoms. The summed E-state index contributed by atoms with van der Waals surface area (Å²) in [5, 5.41) is 19.7. The molecule has 0 aromatic carbocycles. The lowest BCUT2D eigenvalue weighted by Crippen LogP contribution is -2.33. The van der Waals surface area contributed by atoms with Crippen molar-refractivity contribution >= 4 is 11.9 Å². The second-order valence-corrected chi connectivity index (χ2v) is 2.81. The van der Waals surface area contributed by atoms with E-state index in [1.807, 2.05) is 0 Å². The molecule has 0 saturated carbocycles. The van der Waals surface area contributed by atoms with Crippen LogP contribution in [0, 0.1) is 0 Å². The summed E-state index contributed by atoms with van der Waals surface area (Å²) < 4.78 is 0. The SMILES string of the molecule is C=CC(O)NC(=O)C(=C)C=C(C)C(=O)O. The standard InChI is InChI=1S/C10H13NO4/c1-4-8(12)11-9(13)6(2)5-7(3)10(14)15/h4-5,8,12H,1-2H2,3H3,(H,11,13)(H,14,15). The summed E-state index contributed by atoms with van der Waals surface area (Å²) in [6.45, 7) is 7.96. The molecule has 1 amide bonds. The molecular formula is C10H13NO4. The molecule has 1 atom stereocenters. The molecule has 3 N–H and O–H groups in total. The maximum absolute atomic E-state index is 11.2. The second-order valence-electron chi connectivity index (χ2n) is 2.81. The molecule has 5 nitrogen and oxygen atoms in total. The van der Waals surface area contributed by atoms with E-state index in [0.717, 1.165) is 12.2 Å². The van der Waals surface area contributed by atoms with Gasteiger partial charge in [-0.2, -0.15) is 0 Å². The van der Waals surface area contributed by atoms with Crippen LogP contribution in [0.3, 0.4) is 0 Å². The van der Waals surface area contributed by atoms with Crippen LogP contribution in [-0.2, 0) is 9.59 Å². The van der Waals surface area contributed by atoms with E-state index in [1.165, 1.54) is 6.92 Å². The lowest BCUT2D eigenvalue weighted by molar-refractivity contribution is -0.132. The van der Waals surface area contributed by atoms with Crippen molar-refractivity contribution in [2.24, 2.45) is 0 Å². The van der Waals surface area contributed by atoms with E-state index in [2.05, 4.69) is 18.5 Å². The third-order valence-electron chi connectivity index (χ3n) is 1.52. The zero-order valence-electron chi connectivity index (χ0n) is 8.36. The maximum atomic E-state index is 11.2. The molecule has 0 rings (SSSR count). The predicted molar refractivity (Wildman–Crippen MR) is 54.9 cm³/mol. The summed E-state index contributed by atoms with van der Waals surface area (Å²) in [5.74, 6) is -1.78. The molecular weight excluding hydrogens is 198 g/mol. The van der Waals surface area contributed by atoms with Crippen LogP contribution in [0.5, 0.6) is 0 Å². The largest absolute Gasteiger partial charge is 0.478 e. The van der Waals surface area contributed by atoms with Gasteiger partial charge >= 0.3 is 5.97 Å². The number of aliphatic hydroxyl groups is 1. The topological polar surface area (TPSA) is 86.6 Å². The number of aliphatic hydroxyl groups excluding tert-OH is 1. The van der Waals surface area contributed by atoms with Crippen LogP contribution in [0.25, 0.3) is 0 Å². The first-order valence-corrected chi connectivity index (χ1v) is 4.10. The third-order valence-corrected chi connectivity index (χ3v) is 1.52. The maximum Gasteiger partial charge on any atom is 0.331 e. The van der Waals surface area contributed by atoms with E-state index < -0.39 is 18.1 Å². The van der Waals surface area contributed by atoms with Gasteiger partial charge < -0.3 is 15.5 Å². The van der Waals surface area contributed by atoms with Gasteiger partial charge in [0.15, 0.2) is 0 Å². The molecule has 0 saturated heterocycles. The van der Waals surface area contributed by atoms with Crippen LogP contribution in [-0.4, -0.2) is 28.3 Å². The van der Waals surface area contributed by atoms with Gasteiger partial charge in [0.1, 0.15) is 6.23 Å². The average Bonchev–Trinajstić information content (AvgIpc) is 2.16. The van der Waals surface area contributed by atoms with E-state index in [-0.39, 0.29) is 11.1 Å². The first-order chi connectivity index (χ1) is 6.88. The summed E-state index contributed by atoms with van der Waals surface area (Å²) in [7, 11) is 0. The highest BCUT2D eigenvalue weighted by Gasteiger charge is 2.09. The van der Waals surface area contributed by atoms with E-state index in [1.54, 1.807) is 0 Å². The zero-order valence-corrected chi connectivity index (χ0v) is 8.36. The summed E-state index contributed by atoms with van der Waals surface area (Å²) in [5.41, 5.74) is -0.0564. The van der Waals surface area contributed by atoms with Crippen LogP contribution in [0.1, 0.15) is 6.92 Å². The minimum atomic E-state index is -1.17. The molecule has 0 aromatic heterocycles. The van der Waals surface area contributed by atoms with Crippen LogP contribution < -0.4 is 5.32 Å². The number of carbonyl (C=O) groups excluding carboxylic acids is 1. The summed E-state index contributed by atoms with van der Waals surface area (Å²) in [6, 6.07) is 0. The number of aliphatic carboxylic acids is 1. The molecule has 5 heteroatoms. The smallest absolute Gasteiger partial charge is 0.331 e. The molecule has 0 aliphatic rings. The van der Waals surface area contributed by atoms with Crippen molar-refractivity contribution < 1.29 is 19.8 Å². The van der Waals surface area contributed by atoms with Gasteiger partial charge in [-0.1, -0.05) is 13.2 Å². The van der Waals surface area contributed by atoms with E-state index in [9.17, 15) is 9.59 Å². The second kappa shape index (κ2) is 5.77. The highest BCUT2D eigenvalue weighted by molar-refractivity contribution is 5.98. The number of rotatable bonds is 5. The van der Waals surface area contributed by atoms with Gasteiger partial charge in [0.25, 0.3) is 5.91 Å². The summed E-state index contributed by atoms with van der Waals surface area (Å²) in [6.07, 6.45) is 1.07. The van der Waals surface area contributed by atoms with Crippen LogP contribution >= 0.6 is 0 Å². The van der Waals surface area contributed by atoms with Crippen molar-refractivity contribution in [3.05, 3.63) is 36.5 Å². The van der Waals surface area contributed by atoms with Crippen molar-refractivity contribution in [2.45, 2.75) is 13.2 Å². The number of amides is 1. The van der Waals surface area contributed by atoms with Crippen molar-refractivity contribution in [1.29, 1.82) is 0 Å². The van der Waals surface area contributed by atoms with Gasteiger partial charge in [0.05, 0.1) is 0 Å². The Morgan fingerprint density at radius 1 is 1.47 bits per heavy atom. The van der Waals surface area contributed by atoms with E-state index in [0.29, 0.717) is 0 Å². The monoisotopic (exact) mass is 211 g/mol. The Balaban J connectivity index is 4.47. The molecule has 15 heavy (non-hydrogen) atoms. The van der Waals surface area contributed by atoms with Gasteiger partial charge in [-0.15, -0.1) is 0 Å². The Morgan fingerprint density at radius 3 is 2.40 bits per heavy atom. The van der Waals surface area contributed by atoms with Gasteiger partial charge in [0.2, 0.25) is 0 Å². The third kappa shape index (κ3) is 4.78. The lowest BCUT2D eigenvalue weighted by Gasteiger charge is -2.08. The summed E-state index contributed by atoms with van der Waals surface area (Å²) in [4.78, 5) is 21.6. The first kappa shape index (κ1) is 13.1. The lowest BCUT2D eigenvalue weighted by atomic mass is 10.2. The molecule has 0 spiro atoms. The molecule has 0 heterocycles. The molecule has 0 fully saturated rings.